The van der Waals surface area contributed by atoms with Gasteiger partial charge in [0.2, 0.25) is 0 Å². The zero-order valence-electron chi connectivity index (χ0n) is 11.1. The number of carboxylic acid groups (broad SMARTS) is 1. The second kappa shape index (κ2) is 4.78. The summed E-state index contributed by atoms with van der Waals surface area (Å²) in [7, 11) is 1.59. The van der Waals surface area contributed by atoms with E-state index in [0.717, 1.165) is 10.8 Å². The average molecular weight is 284 g/mol. The van der Waals surface area contributed by atoms with E-state index >= 15 is 0 Å². The van der Waals surface area contributed by atoms with Gasteiger partial charge < -0.3 is 15.6 Å². The van der Waals surface area contributed by atoms with Crippen molar-refractivity contribution >= 4 is 22.4 Å². The topological polar surface area (TPSA) is 103 Å². The number of aromatic carboxylic acids is 1. The third-order valence-corrected chi connectivity index (χ3v) is 3.13. The Morgan fingerprint density at radius 1 is 1.33 bits per heavy atom. The first-order valence-corrected chi connectivity index (χ1v) is 6.12. The summed E-state index contributed by atoms with van der Waals surface area (Å²) in [6.45, 7) is 0. The molecule has 0 saturated carbocycles. The van der Waals surface area contributed by atoms with Crippen molar-refractivity contribution < 1.29 is 14.6 Å². The summed E-state index contributed by atoms with van der Waals surface area (Å²) >= 11 is 0. The van der Waals surface area contributed by atoms with E-state index in [1.54, 1.807) is 13.3 Å². The molecule has 0 amide bonds. The van der Waals surface area contributed by atoms with Gasteiger partial charge in [0.25, 0.3) is 0 Å². The smallest absolute Gasteiger partial charge is 0.358 e. The van der Waals surface area contributed by atoms with Crippen molar-refractivity contribution in [1.29, 1.82) is 0 Å². The third-order valence-electron chi connectivity index (χ3n) is 3.13. The van der Waals surface area contributed by atoms with E-state index in [9.17, 15) is 4.79 Å². The van der Waals surface area contributed by atoms with Gasteiger partial charge in [-0.15, -0.1) is 0 Å². The number of hydrogen-bond acceptors (Lipinski definition) is 5. The van der Waals surface area contributed by atoms with Gasteiger partial charge in [-0.3, -0.25) is 0 Å². The number of anilines is 1. The number of hydrogen-bond donors (Lipinski definition) is 2. The lowest BCUT2D eigenvalue weighted by Gasteiger charge is -2.08. The molecule has 21 heavy (non-hydrogen) atoms. The van der Waals surface area contributed by atoms with E-state index in [0.29, 0.717) is 11.6 Å². The van der Waals surface area contributed by atoms with Gasteiger partial charge in [-0.2, -0.15) is 5.10 Å². The van der Waals surface area contributed by atoms with Gasteiger partial charge in [0.15, 0.2) is 11.5 Å². The Labute approximate surface area is 119 Å². The Balaban J connectivity index is 2.26. The highest BCUT2D eigenvalue weighted by molar-refractivity contribution is 5.94. The highest BCUT2D eigenvalue weighted by Crippen LogP contribution is 2.28. The quantitative estimate of drug-likeness (QED) is 0.758. The minimum absolute atomic E-state index is 0.0872. The first-order chi connectivity index (χ1) is 10.1. The summed E-state index contributed by atoms with van der Waals surface area (Å²) in [4.78, 5) is 15.3. The first-order valence-electron chi connectivity index (χ1n) is 6.12. The maximum atomic E-state index is 11.0. The maximum Gasteiger partial charge on any atom is 0.358 e. The van der Waals surface area contributed by atoms with Crippen LogP contribution >= 0.6 is 0 Å². The van der Waals surface area contributed by atoms with Crippen LogP contribution in [0.2, 0.25) is 0 Å². The molecule has 0 aliphatic carbocycles. The number of rotatable bonds is 3. The first kappa shape index (κ1) is 12.9. The number of carboxylic acids is 1. The summed E-state index contributed by atoms with van der Waals surface area (Å²) < 4.78 is 6.67. The predicted molar refractivity (Wildman–Crippen MR) is 76.8 cm³/mol. The van der Waals surface area contributed by atoms with Crippen molar-refractivity contribution in [3.05, 3.63) is 42.4 Å². The summed E-state index contributed by atoms with van der Waals surface area (Å²) in [6.07, 6.45) is 3.04. The number of fused-ring (bicyclic) bond motifs is 1. The van der Waals surface area contributed by atoms with Crippen LogP contribution in [0.15, 0.2) is 36.7 Å². The molecule has 3 aromatic rings. The largest absolute Gasteiger partial charge is 0.496 e. The normalized spacial score (nSPS) is 10.7. The fourth-order valence-corrected chi connectivity index (χ4v) is 2.19. The minimum Gasteiger partial charge on any atom is -0.496 e. The molecule has 0 aliphatic heterocycles. The molecule has 0 radical (unpaired) electrons. The molecule has 3 N–H and O–H groups in total. The van der Waals surface area contributed by atoms with Crippen LogP contribution < -0.4 is 10.5 Å². The van der Waals surface area contributed by atoms with Crippen molar-refractivity contribution in [2.45, 2.75) is 0 Å². The van der Waals surface area contributed by atoms with Gasteiger partial charge in [-0.25, -0.2) is 14.5 Å². The molecular weight excluding hydrogens is 272 g/mol. The Morgan fingerprint density at radius 2 is 2.14 bits per heavy atom. The number of pyridine rings is 1. The molecule has 2 aromatic heterocycles. The van der Waals surface area contributed by atoms with Gasteiger partial charge in [-0.05, 0) is 12.1 Å². The summed E-state index contributed by atoms with van der Waals surface area (Å²) in [5, 5.41) is 14.6. The molecule has 0 aliphatic rings. The Hall–Kier alpha value is -3.09. The predicted octanol–water partition coefficient (Wildman–Crippen LogP) is 1.71. The molecule has 7 nitrogen and oxygen atoms in total. The summed E-state index contributed by atoms with van der Waals surface area (Å²) in [5.41, 5.74) is 5.55. The highest BCUT2D eigenvalue weighted by Gasteiger charge is 2.16. The van der Waals surface area contributed by atoms with E-state index < -0.39 is 5.97 Å². The molecule has 106 valence electrons. The lowest BCUT2D eigenvalue weighted by atomic mass is 10.1. The number of ether oxygens (including phenoxy) is 1. The SMILES string of the molecule is COc1cccc2c(-n3cc(N)c(C(=O)O)n3)nccc12. The molecule has 0 spiro atoms. The number of nitrogens with zero attached hydrogens (tertiary/aromatic N) is 3. The second-order valence-corrected chi connectivity index (χ2v) is 4.37. The monoisotopic (exact) mass is 284 g/mol. The fourth-order valence-electron chi connectivity index (χ4n) is 2.19. The van der Waals surface area contributed by atoms with E-state index in [4.69, 9.17) is 15.6 Å². The van der Waals surface area contributed by atoms with Gasteiger partial charge >= 0.3 is 5.97 Å². The molecule has 0 bridgehead atoms. The molecule has 0 unspecified atom stereocenters. The minimum atomic E-state index is -1.18. The van der Waals surface area contributed by atoms with Crippen LogP contribution in [0.3, 0.4) is 0 Å². The van der Waals surface area contributed by atoms with Crippen LogP contribution in [0.4, 0.5) is 5.69 Å². The lowest BCUT2D eigenvalue weighted by Crippen LogP contribution is -2.04. The molecule has 2 heterocycles. The van der Waals surface area contributed by atoms with Gasteiger partial charge in [0.05, 0.1) is 19.0 Å². The molecule has 1 aromatic carbocycles. The van der Waals surface area contributed by atoms with Crippen LogP contribution in [0.1, 0.15) is 10.5 Å². The third kappa shape index (κ3) is 2.04. The molecule has 0 saturated heterocycles. The van der Waals surface area contributed by atoms with E-state index in [1.165, 1.54) is 10.9 Å². The lowest BCUT2D eigenvalue weighted by molar-refractivity contribution is 0.0691. The number of benzene rings is 1. The fraction of sp³-hybridized carbons (Fsp3) is 0.0714. The maximum absolute atomic E-state index is 11.0. The number of methoxy groups -OCH3 is 1. The van der Waals surface area contributed by atoms with Crippen molar-refractivity contribution in [2.24, 2.45) is 0 Å². The van der Waals surface area contributed by atoms with E-state index in [1.807, 2.05) is 24.3 Å². The van der Waals surface area contributed by atoms with Crippen LogP contribution in [0.5, 0.6) is 5.75 Å². The average Bonchev–Trinajstić information content (AvgIpc) is 2.88. The molecule has 3 rings (SSSR count). The van der Waals surface area contributed by atoms with Crippen molar-refractivity contribution in [3.8, 4) is 11.6 Å². The van der Waals surface area contributed by atoms with Crippen LogP contribution in [-0.4, -0.2) is 33.0 Å². The molecular formula is C14H12N4O3. The molecule has 0 atom stereocenters. The highest BCUT2D eigenvalue weighted by atomic mass is 16.5. The van der Waals surface area contributed by atoms with Crippen molar-refractivity contribution in [1.82, 2.24) is 14.8 Å². The van der Waals surface area contributed by atoms with Crippen LogP contribution in [-0.2, 0) is 0 Å². The molecule has 0 fully saturated rings. The Kier molecular flexibility index (Phi) is 2.94. The standard InChI is InChI=1S/C14H12N4O3/c1-21-11-4-2-3-9-8(11)5-6-16-13(9)18-7-10(15)12(17-18)14(19)20/h2-7H,15H2,1H3,(H,19,20). The van der Waals surface area contributed by atoms with Crippen LogP contribution in [0.25, 0.3) is 16.6 Å². The van der Waals surface area contributed by atoms with Crippen molar-refractivity contribution in [3.63, 3.8) is 0 Å². The zero-order chi connectivity index (χ0) is 15.0. The summed E-state index contributed by atoms with van der Waals surface area (Å²) in [5.74, 6) is 0.0180. The number of carbonyl (C=O) groups is 1. The second-order valence-electron chi connectivity index (χ2n) is 4.37. The van der Waals surface area contributed by atoms with E-state index in [-0.39, 0.29) is 11.4 Å². The van der Waals surface area contributed by atoms with Gasteiger partial charge in [0.1, 0.15) is 5.75 Å². The number of nitrogens with two attached hydrogens (primary N) is 1. The zero-order valence-corrected chi connectivity index (χ0v) is 11.1. The van der Waals surface area contributed by atoms with Crippen molar-refractivity contribution in [2.75, 3.05) is 12.8 Å². The van der Waals surface area contributed by atoms with E-state index in [2.05, 4.69) is 10.1 Å². The number of aromatic nitrogens is 3. The Morgan fingerprint density at radius 3 is 2.81 bits per heavy atom. The summed E-state index contributed by atoms with van der Waals surface area (Å²) in [6, 6.07) is 7.35. The van der Waals surface area contributed by atoms with Gasteiger partial charge in [-0.1, -0.05) is 12.1 Å². The molecule has 7 heteroatoms. The van der Waals surface area contributed by atoms with Gasteiger partial charge in [0, 0.05) is 17.0 Å². The number of nitrogen functional groups attached to an aromatic ring is 1. The Bertz CT molecular complexity index is 841. The van der Waals surface area contributed by atoms with Crippen LogP contribution in [0, 0.1) is 0 Å².